The minimum Gasteiger partial charge on any atom is -0.491 e. The predicted molar refractivity (Wildman–Crippen MR) is 82.9 cm³/mol. The summed E-state index contributed by atoms with van der Waals surface area (Å²) in [6, 6.07) is 7.11. The Balaban J connectivity index is 1.75. The van der Waals surface area contributed by atoms with Gasteiger partial charge in [0.15, 0.2) is 0 Å². The first-order chi connectivity index (χ1) is 9.66. The van der Waals surface area contributed by atoms with Crippen LogP contribution in [0.5, 0.6) is 5.75 Å². The van der Waals surface area contributed by atoms with E-state index in [0.29, 0.717) is 34.0 Å². The van der Waals surface area contributed by atoms with E-state index in [4.69, 9.17) is 39.5 Å². The van der Waals surface area contributed by atoms with E-state index < -0.39 is 0 Å². The molecule has 0 spiro atoms. The second-order valence-corrected chi connectivity index (χ2v) is 5.30. The molecule has 0 saturated heterocycles. The Morgan fingerprint density at radius 1 is 1.10 bits per heavy atom. The van der Waals surface area contributed by atoms with Crippen LogP contribution in [0.25, 0.3) is 0 Å². The van der Waals surface area contributed by atoms with Crippen molar-refractivity contribution < 1.29 is 4.74 Å². The van der Waals surface area contributed by atoms with Crippen LogP contribution >= 0.6 is 34.8 Å². The summed E-state index contributed by atoms with van der Waals surface area (Å²) in [4.78, 5) is 4.04. The molecular weight excluding hydrogens is 319 g/mol. The molecule has 20 heavy (non-hydrogen) atoms. The quantitative estimate of drug-likeness (QED) is 0.636. The van der Waals surface area contributed by atoms with Gasteiger partial charge in [-0.25, -0.2) is 0 Å². The van der Waals surface area contributed by atoms with Crippen LogP contribution in [0.2, 0.25) is 15.1 Å². The van der Waals surface area contributed by atoms with E-state index in [1.165, 1.54) is 0 Å². The van der Waals surface area contributed by atoms with Crippen LogP contribution in [0, 0.1) is 0 Å². The van der Waals surface area contributed by atoms with E-state index in [0.717, 1.165) is 12.1 Å². The number of benzene rings is 1. The molecule has 0 bridgehead atoms. The van der Waals surface area contributed by atoms with Crippen LogP contribution in [-0.2, 0) is 6.54 Å². The molecule has 0 saturated carbocycles. The molecule has 1 aromatic carbocycles. The van der Waals surface area contributed by atoms with Crippen LogP contribution in [0.15, 0.2) is 36.7 Å². The van der Waals surface area contributed by atoms with Gasteiger partial charge in [0.2, 0.25) is 0 Å². The molecular formula is C14H13Cl3N2O. The molecule has 0 aliphatic carbocycles. The first-order valence-corrected chi connectivity index (χ1v) is 7.17. The first kappa shape index (κ1) is 15.4. The molecule has 0 atom stereocenters. The zero-order valence-electron chi connectivity index (χ0n) is 10.6. The molecule has 1 N–H and O–H groups in total. The number of pyridine rings is 1. The van der Waals surface area contributed by atoms with Crippen molar-refractivity contribution in [1.82, 2.24) is 10.3 Å². The van der Waals surface area contributed by atoms with E-state index in [1.807, 2.05) is 18.3 Å². The number of nitrogens with one attached hydrogen (secondary N) is 1. The van der Waals surface area contributed by atoms with Crippen LogP contribution in [0.3, 0.4) is 0 Å². The highest BCUT2D eigenvalue weighted by Crippen LogP contribution is 2.33. The lowest BCUT2D eigenvalue weighted by molar-refractivity contribution is 0.314. The number of ether oxygens (including phenoxy) is 1. The normalized spacial score (nSPS) is 10.6. The van der Waals surface area contributed by atoms with E-state index in [2.05, 4.69) is 10.3 Å². The summed E-state index contributed by atoms with van der Waals surface area (Å²) in [6.07, 6.45) is 3.57. The lowest BCUT2D eigenvalue weighted by Crippen LogP contribution is -2.20. The smallest absolute Gasteiger partial charge is 0.139 e. The van der Waals surface area contributed by atoms with Gasteiger partial charge in [-0.05, 0) is 17.7 Å². The number of rotatable bonds is 6. The summed E-state index contributed by atoms with van der Waals surface area (Å²) in [5, 5.41) is 4.54. The number of hydrogen-bond acceptors (Lipinski definition) is 3. The second kappa shape index (κ2) is 7.70. The fourth-order valence-corrected chi connectivity index (χ4v) is 2.17. The van der Waals surface area contributed by atoms with E-state index in [1.54, 1.807) is 18.3 Å². The van der Waals surface area contributed by atoms with E-state index in [-0.39, 0.29) is 0 Å². The maximum Gasteiger partial charge on any atom is 0.139 e. The summed E-state index contributed by atoms with van der Waals surface area (Å²) in [5.74, 6) is 0.532. The Bertz CT molecular complexity index is 564. The summed E-state index contributed by atoms with van der Waals surface area (Å²) >= 11 is 17.8. The largest absolute Gasteiger partial charge is 0.491 e. The number of hydrogen-bond donors (Lipinski definition) is 1. The van der Waals surface area contributed by atoms with Crippen molar-refractivity contribution in [1.29, 1.82) is 0 Å². The standard InChI is InChI=1S/C14H13Cl3N2O/c15-11-6-13(17)14(7-12(11)16)20-5-4-19-9-10-2-1-3-18-8-10/h1-3,6-8,19H,4-5,9H2. The molecule has 0 aliphatic rings. The zero-order valence-corrected chi connectivity index (χ0v) is 12.8. The van der Waals surface area contributed by atoms with Crippen LogP contribution in [0.4, 0.5) is 0 Å². The van der Waals surface area contributed by atoms with E-state index >= 15 is 0 Å². The molecule has 3 nitrogen and oxygen atoms in total. The Labute approximate surface area is 132 Å². The van der Waals surface area contributed by atoms with E-state index in [9.17, 15) is 0 Å². The predicted octanol–water partition coefficient (Wildman–Crippen LogP) is 4.21. The summed E-state index contributed by atoms with van der Waals surface area (Å²) in [6.45, 7) is 1.91. The minimum absolute atomic E-state index is 0.415. The molecule has 106 valence electrons. The van der Waals surface area contributed by atoms with Gasteiger partial charge < -0.3 is 10.1 Å². The fourth-order valence-electron chi connectivity index (χ4n) is 1.58. The highest BCUT2D eigenvalue weighted by atomic mass is 35.5. The average molecular weight is 332 g/mol. The van der Waals surface area contributed by atoms with Crippen LogP contribution in [-0.4, -0.2) is 18.1 Å². The van der Waals surface area contributed by atoms with Crippen molar-refractivity contribution in [3.05, 3.63) is 57.3 Å². The zero-order chi connectivity index (χ0) is 14.4. The molecule has 2 rings (SSSR count). The van der Waals surface area contributed by atoms with Crippen molar-refractivity contribution >= 4 is 34.8 Å². The molecule has 0 radical (unpaired) electrons. The van der Waals surface area contributed by atoms with Crippen molar-refractivity contribution in [2.45, 2.75) is 6.54 Å². The van der Waals surface area contributed by atoms with Gasteiger partial charge in [0, 0.05) is 31.5 Å². The van der Waals surface area contributed by atoms with Gasteiger partial charge in [-0.15, -0.1) is 0 Å². The SMILES string of the molecule is Clc1cc(Cl)c(OCCNCc2cccnc2)cc1Cl. The Hall–Kier alpha value is -1.00. The molecule has 0 amide bonds. The van der Waals surface area contributed by atoms with Gasteiger partial charge in [-0.1, -0.05) is 40.9 Å². The summed E-state index contributed by atoms with van der Waals surface area (Å²) in [7, 11) is 0. The lowest BCUT2D eigenvalue weighted by atomic mass is 10.3. The van der Waals surface area contributed by atoms with Crippen molar-refractivity contribution in [2.75, 3.05) is 13.2 Å². The Kier molecular flexibility index (Phi) is 5.92. The summed E-state index contributed by atoms with van der Waals surface area (Å²) < 4.78 is 5.56. The van der Waals surface area contributed by atoms with Gasteiger partial charge >= 0.3 is 0 Å². The lowest BCUT2D eigenvalue weighted by Gasteiger charge is -2.10. The second-order valence-electron chi connectivity index (χ2n) is 4.08. The highest BCUT2D eigenvalue weighted by molar-refractivity contribution is 6.43. The molecule has 0 aliphatic heterocycles. The number of halogens is 3. The summed E-state index contributed by atoms with van der Waals surface area (Å²) in [5.41, 5.74) is 1.13. The number of nitrogens with zero attached hydrogens (tertiary/aromatic N) is 1. The fraction of sp³-hybridized carbons (Fsp3) is 0.214. The van der Waals surface area contributed by atoms with Crippen LogP contribution < -0.4 is 10.1 Å². The molecule has 6 heteroatoms. The molecule has 2 aromatic rings. The third-order valence-electron chi connectivity index (χ3n) is 2.56. The molecule has 1 heterocycles. The molecule has 1 aromatic heterocycles. The highest BCUT2D eigenvalue weighted by Gasteiger charge is 2.06. The van der Waals surface area contributed by atoms with Gasteiger partial charge in [0.1, 0.15) is 12.4 Å². The van der Waals surface area contributed by atoms with Crippen molar-refractivity contribution in [3.63, 3.8) is 0 Å². The van der Waals surface area contributed by atoms with Gasteiger partial charge in [0.25, 0.3) is 0 Å². The van der Waals surface area contributed by atoms with Crippen LogP contribution in [0.1, 0.15) is 5.56 Å². The third-order valence-corrected chi connectivity index (χ3v) is 3.58. The van der Waals surface area contributed by atoms with Crippen molar-refractivity contribution in [2.24, 2.45) is 0 Å². The monoisotopic (exact) mass is 330 g/mol. The molecule has 0 fully saturated rings. The first-order valence-electron chi connectivity index (χ1n) is 6.04. The Morgan fingerprint density at radius 2 is 1.90 bits per heavy atom. The average Bonchev–Trinajstić information content (AvgIpc) is 2.45. The van der Waals surface area contributed by atoms with Gasteiger partial charge in [-0.2, -0.15) is 0 Å². The number of aromatic nitrogens is 1. The van der Waals surface area contributed by atoms with Crippen molar-refractivity contribution in [3.8, 4) is 5.75 Å². The van der Waals surface area contributed by atoms with Gasteiger partial charge in [0.05, 0.1) is 15.1 Å². The topological polar surface area (TPSA) is 34.1 Å². The Morgan fingerprint density at radius 3 is 2.65 bits per heavy atom. The maximum absolute atomic E-state index is 6.01. The minimum atomic E-state index is 0.415. The maximum atomic E-state index is 6.01. The third kappa shape index (κ3) is 4.53. The molecule has 0 unspecified atom stereocenters. The van der Waals surface area contributed by atoms with Gasteiger partial charge in [-0.3, -0.25) is 4.98 Å².